The number of carbonyl (C=O) groups is 1. The zero-order valence-electron chi connectivity index (χ0n) is 16.0. The first-order valence-electron chi connectivity index (χ1n) is 9.87. The second kappa shape index (κ2) is 8.47. The molecule has 1 atom stereocenters. The zero-order chi connectivity index (χ0) is 20.4. The molecule has 1 aromatic heterocycles. The minimum absolute atomic E-state index is 0.0437. The van der Waals surface area contributed by atoms with Gasteiger partial charge in [-0.1, -0.05) is 30.7 Å². The number of nitrogens with zero attached hydrogens (tertiary/aromatic N) is 3. The number of hydrogen-bond acceptors (Lipinski definition) is 5. The number of amides is 1. The number of hydrogen-bond donors (Lipinski definition) is 0. The summed E-state index contributed by atoms with van der Waals surface area (Å²) in [5.41, 5.74) is 0.645. The van der Waals surface area contributed by atoms with Gasteiger partial charge in [0.15, 0.2) is 15.0 Å². The number of halogens is 1. The van der Waals surface area contributed by atoms with E-state index in [4.69, 9.17) is 0 Å². The predicted molar refractivity (Wildman–Crippen MR) is 110 cm³/mol. The molecule has 1 saturated carbocycles. The predicted octanol–water partition coefficient (Wildman–Crippen LogP) is 3.06. The third kappa shape index (κ3) is 4.66. The maximum atomic E-state index is 13.6. The Bertz CT molecular complexity index is 986. The Hall–Kier alpha value is -1.87. The third-order valence-electron chi connectivity index (χ3n) is 5.63. The molecule has 0 spiro atoms. The normalized spacial score (nSPS) is 21.5. The van der Waals surface area contributed by atoms with Gasteiger partial charge in [-0.15, -0.1) is 0 Å². The van der Waals surface area contributed by atoms with E-state index >= 15 is 0 Å². The van der Waals surface area contributed by atoms with Gasteiger partial charge in [0.05, 0.1) is 22.9 Å². The molecule has 9 heteroatoms. The molecule has 2 aromatic rings. The Balaban J connectivity index is 1.48. The highest BCUT2D eigenvalue weighted by molar-refractivity contribution is 7.99. The molecule has 156 valence electrons. The van der Waals surface area contributed by atoms with Gasteiger partial charge in [-0.05, 0) is 37.5 Å². The van der Waals surface area contributed by atoms with Gasteiger partial charge in [-0.3, -0.25) is 9.36 Å². The lowest BCUT2D eigenvalue weighted by atomic mass is 10.1. The summed E-state index contributed by atoms with van der Waals surface area (Å²) in [5, 5.41) is 0.606. The standard InChI is InChI=1S/C20H24FN3O3S2/c21-15-4-3-7-17(12-15)23-10-9-22-20(23)28-13-19(25)24(16-5-1-2-6-16)18-8-11-29(26,27)14-18/h3-4,7,9-10,12,16,18H,1-2,5-6,8,11,13-14H2. The molecule has 1 unspecified atom stereocenters. The Labute approximate surface area is 174 Å². The van der Waals surface area contributed by atoms with Crippen LogP contribution in [0.15, 0.2) is 41.8 Å². The molecule has 1 saturated heterocycles. The minimum atomic E-state index is -3.06. The van der Waals surface area contributed by atoms with E-state index in [1.165, 1.54) is 23.9 Å². The molecule has 1 aliphatic heterocycles. The van der Waals surface area contributed by atoms with Crippen molar-refractivity contribution in [1.82, 2.24) is 14.5 Å². The average Bonchev–Trinajstić information content (AvgIpc) is 3.42. The lowest BCUT2D eigenvalue weighted by molar-refractivity contribution is -0.132. The molecule has 0 N–H and O–H groups in total. The lowest BCUT2D eigenvalue weighted by Crippen LogP contribution is -2.47. The summed E-state index contributed by atoms with van der Waals surface area (Å²) in [6.07, 6.45) is 7.90. The second-order valence-electron chi connectivity index (χ2n) is 7.64. The molecule has 0 radical (unpaired) electrons. The van der Waals surface area contributed by atoms with Crippen LogP contribution in [0.5, 0.6) is 0 Å². The Morgan fingerprint density at radius 2 is 2.03 bits per heavy atom. The zero-order valence-corrected chi connectivity index (χ0v) is 17.7. The number of carbonyl (C=O) groups excluding carboxylic acids is 1. The number of rotatable bonds is 6. The first-order chi connectivity index (χ1) is 13.9. The fraction of sp³-hybridized carbons (Fsp3) is 0.500. The first kappa shape index (κ1) is 20.4. The van der Waals surface area contributed by atoms with Crippen LogP contribution in [0.1, 0.15) is 32.1 Å². The van der Waals surface area contributed by atoms with Gasteiger partial charge < -0.3 is 4.90 Å². The number of imidazole rings is 1. The molecule has 1 aromatic carbocycles. The van der Waals surface area contributed by atoms with Crippen LogP contribution in [0.25, 0.3) is 5.69 Å². The number of benzene rings is 1. The smallest absolute Gasteiger partial charge is 0.233 e. The van der Waals surface area contributed by atoms with Crippen LogP contribution in [0, 0.1) is 5.82 Å². The number of aromatic nitrogens is 2. The Morgan fingerprint density at radius 1 is 1.24 bits per heavy atom. The van der Waals surface area contributed by atoms with Crippen LogP contribution in [0.3, 0.4) is 0 Å². The van der Waals surface area contributed by atoms with Crippen molar-refractivity contribution in [3.05, 3.63) is 42.5 Å². The van der Waals surface area contributed by atoms with E-state index in [1.807, 2.05) is 4.90 Å². The summed E-state index contributed by atoms with van der Waals surface area (Å²) in [5.74, 6) is 0.0264. The molecule has 1 aliphatic carbocycles. The van der Waals surface area contributed by atoms with Gasteiger partial charge in [-0.2, -0.15) is 0 Å². The van der Waals surface area contributed by atoms with E-state index in [2.05, 4.69) is 4.98 Å². The third-order valence-corrected chi connectivity index (χ3v) is 8.33. The summed E-state index contributed by atoms with van der Waals surface area (Å²) in [7, 11) is -3.06. The molecule has 0 bridgehead atoms. The highest BCUT2D eigenvalue weighted by Crippen LogP contribution is 2.30. The van der Waals surface area contributed by atoms with E-state index in [0.717, 1.165) is 25.7 Å². The summed E-state index contributed by atoms with van der Waals surface area (Å²) in [4.78, 5) is 19.3. The van der Waals surface area contributed by atoms with E-state index in [0.29, 0.717) is 17.3 Å². The van der Waals surface area contributed by atoms with Crippen LogP contribution >= 0.6 is 11.8 Å². The van der Waals surface area contributed by atoms with E-state index in [9.17, 15) is 17.6 Å². The highest BCUT2D eigenvalue weighted by Gasteiger charge is 2.38. The SMILES string of the molecule is O=C(CSc1nccn1-c1cccc(F)c1)N(C1CCCC1)C1CCS(=O)(=O)C1. The van der Waals surface area contributed by atoms with E-state index in [1.54, 1.807) is 29.1 Å². The maximum Gasteiger partial charge on any atom is 0.233 e. The quantitative estimate of drug-likeness (QED) is 0.650. The van der Waals surface area contributed by atoms with Gasteiger partial charge in [0.1, 0.15) is 5.82 Å². The molecule has 29 heavy (non-hydrogen) atoms. The summed E-state index contributed by atoms with van der Waals surface area (Å²) >= 11 is 1.30. The monoisotopic (exact) mass is 437 g/mol. The fourth-order valence-corrected chi connectivity index (χ4v) is 6.86. The fourth-order valence-electron chi connectivity index (χ4n) is 4.30. The molecular weight excluding hydrogens is 413 g/mol. The number of thioether (sulfide) groups is 1. The molecule has 6 nitrogen and oxygen atoms in total. The molecule has 2 fully saturated rings. The highest BCUT2D eigenvalue weighted by atomic mass is 32.2. The Kier molecular flexibility index (Phi) is 5.96. The van der Waals surface area contributed by atoms with Crippen molar-refractivity contribution < 1.29 is 17.6 Å². The van der Waals surface area contributed by atoms with Gasteiger partial charge in [0.2, 0.25) is 5.91 Å². The van der Waals surface area contributed by atoms with Gasteiger partial charge in [0, 0.05) is 24.5 Å². The Morgan fingerprint density at radius 3 is 2.72 bits per heavy atom. The average molecular weight is 438 g/mol. The topological polar surface area (TPSA) is 72.3 Å². The van der Waals surface area contributed by atoms with Crippen LogP contribution in [0.2, 0.25) is 0 Å². The first-order valence-corrected chi connectivity index (χ1v) is 12.7. The van der Waals surface area contributed by atoms with Gasteiger partial charge in [-0.25, -0.2) is 17.8 Å². The lowest BCUT2D eigenvalue weighted by Gasteiger charge is -2.34. The van der Waals surface area contributed by atoms with Crippen molar-refractivity contribution in [3.8, 4) is 5.69 Å². The second-order valence-corrected chi connectivity index (χ2v) is 10.8. The van der Waals surface area contributed by atoms with Crippen molar-refractivity contribution in [3.63, 3.8) is 0 Å². The summed E-state index contributed by atoms with van der Waals surface area (Å²) in [6.45, 7) is 0. The van der Waals surface area contributed by atoms with Crippen molar-refractivity contribution in [2.45, 2.75) is 49.3 Å². The molecule has 2 aliphatic rings. The molecule has 2 heterocycles. The summed E-state index contributed by atoms with van der Waals surface area (Å²) < 4.78 is 39.3. The van der Waals surface area contributed by atoms with Crippen LogP contribution < -0.4 is 0 Å². The van der Waals surface area contributed by atoms with Crippen molar-refractivity contribution in [2.75, 3.05) is 17.3 Å². The molecule has 1 amide bonds. The van der Waals surface area contributed by atoms with Crippen molar-refractivity contribution >= 4 is 27.5 Å². The van der Waals surface area contributed by atoms with E-state index < -0.39 is 9.84 Å². The van der Waals surface area contributed by atoms with Crippen molar-refractivity contribution in [2.24, 2.45) is 0 Å². The van der Waals surface area contributed by atoms with Crippen LogP contribution in [-0.2, 0) is 14.6 Å². The molecular formula is C20H24FN3O3S2. The largest absolute Gasteiger partial charge is 0.335 e. The maximum absolute atomic E-state index is 13.6. The van der Waals surface area contributed by atoms with Crippen LogP contribution in [-0.4, -0.2) is 58.1 Å². The minimum Gasteiger partial charge on any atom is -0.335 e. The van der Waals surface area contributed by atoms with Gasteiger partial charge in [0.25, 0.3) is 0 Å². The summed E-state index contributed by atoms with van der Waals surface area (Å²) in [6, 6.07) is 6.12. The van der Waals surface area contributed by atoms with Crippen LogP contribution in [0.4, 0.5) is 4.39 Å². The molecule has 4 rings (SSSR count). The number of sulfone groups is 1. The van der Waals surface area contributed by atoms with Crippen molar-refractivity contribution in [1.29, 1.82) is 0 Å². The van der Waals surface area contributed by atoms with Gasteiger partial charge >= 0.3 is 0 Å². The van der Waals surface area contributed by atoms with E-state index in [-0.39, 0.29) is 41.1 Å².